The normalized spacial score (nSPS) is 11.5. The first kappa shape index (κ1) is 17.2. The number of hydrogen-bond acceptors (Lipinski definition) is 4. The number of ether oxygens (including phenoxy) is 1. The molecule has 4 nitrogen and oxygen atoms in total. The van der Waals surface area contributed by atoms with Gasteiger partial charge in [0.1, 0.15) is 5.71 Å². The number of rotatable bonds is 7. The number of oxime groups is 1. The lowest BCUT2D eigenvalue weighted by Crippen LogP contribution is -2.16. The van der Waals surface area contributed by atoms with E-state index in [2.05, 4.69) is 17.7 Å². The Morgan fingerprint density at radius 3 is 2.09 bits per heavy atom. The molecule has 0 radical (unpaired) electrons. The lowest BCUT2D eigenvalue weighted by Gasteiger charge is -2.07. The molecule has 2 aromatic rings. The van der Waals surface area contributed by atoms with Gasteiger partial charge >= 0.3 is 5.97 Å². The molecule has 2 aromatic carbocycles. The van der Waals surface area contributed by atoms with Crippen LogP contribution in [0, 0.1) is 0 Å². The van der Waals surface area contributed by atoms with Crippen molar-refractivity contribution in [2.75, 3.05) is 25.1 Å². The number of nitrogens with zero attached hydrogens (tertiary/aromatic N) is 1. The van der Waals surface area contributed by atoms with Crippen LogP contribution in [0.1, 0.15) is 15.9 Å². The maximum absolute atomic E-state index is 12.0. The van der Waals surface area contributed by atoms with Crippen molar-refractivity contribution in [2.45, 2.75) is 0 Å². The second-order valence-corrected chi connectivity index (χ2v) is 7.31. The Hall–Kier alpha value is -2.11. The molecule has 0 N–H and O–H groups in total. The maximum Gasteiger partial charge on any atom is 0.365 e. The van der Waals surface area contributed by atoms with Gasteiger partial charge in [-0.15, -0.1) is 0 Å². The highest BCUT2D eigenvalue weighted by Gasteiger charge is 2.11. The molecule has 0 fully saturated rings. The van der Waals surface area contributed by atoms with E-state index in [4.69, 9.17) is 9.57 Å². The van der Waals surface area contributed by atoms with Gasteiger partial charge in [-0.2, -0.15) is 0 Å². The zero-order valence-electron chi connectivity index (χ0n) is 13.3. The molecule has 0 aromatic heterocycles. The summed E-state index contributed by atoms with van der Waals surface area (Å²) in [4.78, 5) is 17.1. The van der Waals surface area contributed by atoms with E-state index >= 15 is 0 Å². The van der Waals surface area contributed by atoms with Gasteiger partial charge in [-0.25, -0.2) is 4.79 Å². The van der Waals surface area contributed by atoms with E-state index in [1.54, 1.807) is 24.3 Å². The minimum atomic E-state index is -0.482. The molecule has 0 aliphatic carbocycles. The number of carbonyl (C=O) groups is 1. The Morgan fingerprint density at radius 2 is 1.52 bits per heavy atom. The summed E-state index contributed by atoms with van der Waals surface area (Å²) in [6.45, 7) is 0.303. The molecule has 0 saturated heterocycles. The Labute approximate surface area is 139 Å². The molecular weight excluding hydrogens is 310 g/mol. The zero-order valence-corrected chi connectivity index (χ0v) is 14.1. The molecule has 23 heavy (non-hydrogen) atoms. The monoisotopic (exact) mass is 330 g/mol. The lowest BCUT2D eigenvalue weighted by molar-refractivity contribution is 0.0513. The van der Waals surface area contributed by atoms with Gasteiger partial charge in [0.2, 0.25) is 5.94 Å². The van der Waals surface area contributed by atoms with Crippen molar-refractivity contribution in [3.8, 4) is 0 Å². The van der Waals surface area contributed by atoms with Crippen molar-refractivity contribution >= 4 is 22.6 Å². The third-order valence-corrected chi connectivity index (χ3v) is 3.55. The SMILES string of the molecule is C[S+](C)COCC(=NOC(=O)c1ccccc1)c1ccccc1. The topological polar surface area (TPSA) is 47.9 Å². The summed E-state index contributed by atoms with van der Waals surface area (Å²) >= 11 is 0. The number of benzene rings is 2. The van der Waals surface area contributed by atoms with E-state index in [9.17, 15) is 4.79 Å². The van der Waals surface area contributed by atoms with Crippen LogP contribution in [0.3, 0.4) is 0 Å². The van der Waals surface area contributed by atoms with Gasteiger partial charge in [0.05, 0.1) is 24.7 Å². The average molecular weight is 330 g/mol. The standard InChI is InChI=1S/C18H20NO3S/c1-23(2)14-21-13-17(15-9-5-3-6-10-15)19-22-18(20)16-11-7-4-8-12-16/h3-12H,13-14H2,1-2H3/q+1. The zero-order chi connectivity index (χ0) is 16.5. The highest BCUT2D eigenvalue weighted by Crippen LogP contribution is 2.06. The number of hydrogen-bond donors (Lipinski definition) is 0. The van der Waals surface area contributed by atoms with Gasteiger partial charge in [0.15, 0.2) is 0 Å². The van der Waals surface area contributed by atoms with Crippen molar-refractivity contribution in [1.29, 1.82) is 0 Å². The summed E-state index contributed by atoms with van der Waals surface area (Å²) < 4.78 is 5.64. The molecule has 0 spiro atoms. The second kappa shape index (κ2) is 9.12. The highest BCUT2D eigenvalue weighted by molar-refractivity contribution is 7.95. The quantitative estimate of drug-likeness (QED) is 0.339. The van der Waals surface area contributed by atoms with Gasteiger partial charge in [-0.3, -0.25) is 0 Å². The van der Waals surface area contributed by atoms with Crippen molar-refractivity contribution < 1.29 is 14.4 Å². The summed E-state index contributed by atoms with van der Waals surface area (Å²) in [5.74, 6) is 0.170. The van der Waals surface area contributed by atoms with E-state index in [-0.39, 0.29) is 10.9 Å². The van der Waals surface area contributed by atoms with Crippen molar-refractivity contribution in [1.82, 2.24) is 0 Å². The molecule has 0 amide bonds. The van der Waals surface area contributed by atoms with Crippen LogP contribution >= 0.6 is 0 Å². The smallest absolute Gasteiger partial charge is 0.329 e. The third kappa shape index (κ3) is 5.88. The van der Waals surface area contributed by atoms with E-state index in [1.165, 1.54) is 0 Å². The van der Waals surface area contributed by atoms with Crippen molar-refractivity contribution in [2.24, 2.45) is 5.16 Å². The second-order valence-electron chi connectivity index (χ2n) is 5.10. The van der Waals surface area contributed by atoms with Gasteiger partial charge in [-0.05, 0) is 12.1 Å². The minimum Gasteiger partial charge on any atom is -0.329 e. The largest absolute Gasteiger partial charge is 0.365 e. The third-order valence-electron chi connectivity index (χ3n) is 2.91. The fraction of sp³-hybridized carbons (Fsp3) is 0.222. The molecule has 0 aliphatic rings. The summed E-state index contributed by atoms with van der Waals surface area (Å²) in [7, 11) is 0.184. The lowest BCUT2D eigenvalue weighted by atomic mass is 10.1. The minimum absolute atomic E-state index is 0.184. The Morgan fingerprint density at radius 1 is 0.957 bits per heavy atom. The highest BCUT2D eigenvalue weighted by atomic mass is 32.2. The van der Waals surface area contributed by atoms with Crippen LogP contribution in [-0.2, 0) is 20.5 Å². The predicted octanol–water partition coefficient (Wildman–Crippen LogP) is 3.10. The molecule has 0 unspecified atom stereocenters. The number of carbonyl (C=O) groups excluding carboxylic acids is 1. The van der Waals surface area contributed by atoms with Crippen LogP contribution in [0.5, 0.6) is 0 Å². The molecule has 0 atom stereocenters. The first-order chi connectivity index (χ1) is 11.2. The molecule has 120 valence electrons. The van der Waals surface area contributed by atoms with Crippen LogP contribution < -0.4 is 0 Å². The fourth-order valence-corrected chi connectivity index (χ4v) is 2.24. The Balaban J connectivity index is 2.08. The first-order valence-corrected chi connectivity index (χ1v) is 9.38. The van der Waals surface area contributed by atoms with Gasteiger partial charge in [0.25, 0.3) is 0 Å². The summed E-state index contributed by atoms with van der Waals surface area (Å²) in [5.41, 5.74) is 1.94. The van der Waals surface area contributed by atoms with Crippen LogP contribution in [0.4, 0.5) is 0 Å². The van der Waals surface area contributed by atoms with E-state index in [1.807, 2.05) is 36.4 Å². The molecular formula is C18H20NO3S+. The van der Waals surface area contributed by atoms with E-state index in [0.717, 1.165) is 5.56 Å². The average Bonchev–Trinajstić information content (AvgIpc) is 2.59. The first-order valence-electron chi connectivity index (χ1n) is 7.17. The van der Waals surface area contributed by atoms with Crippen LogP contribution in [-0.4, -0.2) is 36.7 Å². The van der Waals surface area contributed by atoms with Gasteiger partial charge in [-0.1, -0.05) is 53.7 Å². The van der Waals surface area contributed by atoms with Crippen LogP contribution in [0.2, 0.25) is 0 Å². The molecule has 2 rings (SSSR count). The molecule has 0 saturated carbocycles. The van der Waals surface area contributed by atoms with Crippen LogP contribution in [0.25, 0.3) is 0 Å². The van der Waals surface area contributed by atoms with E-state index < -0.39 is 5.97 Å². The summed E-state index contributed by atoms with van der Waals surface area (Å²) in [6.07, 6.45) is 4.21. The molecule has 5 heteroatoms. The fourth-order valence-electron chi connectivity index (χ4n) is 1.82. The predicted molar refractivity (Wildman–Crippen MR) is 94.9 cm³/mol. The van der Waals surface area contributed by atoms with Gasteiger partial charge < -0.3 is 9.57 Å². The molecule has 0 bridgehead atoms. The molecule has 0 heterocycles. The van der Waals surface area contributed by atoms with Crippen LogP contribution in [0.15, 0.2) is 65.8 Å². The maximum atomic E-state index is 12.0. The summed E-state index contributed by atoms with van der Waals surface area (Å²) in [5, 5.41) is 4.01. The van der Waals surface area contributed by atoms with E-state index in [0.29, 0.717) is 23.8 Å². The molecule has 0 aliphatic heterocycles. The summed E-state index contributed by atoms with van der Waals surface area (Å²) in [6, 6.07) is 18.4. The van der Waals surface area contributed by atoms with Gasteiger partial charge in [0, 0.05) is 16.5 Å². The Bertz CT molecular complexity index is 642. The Kier molecular flexibility index (Phi) is 6.84. The van der Waals surface area contributed by atoms with Crippen molar-refractivity contribution in [3.05, 3.63) is 71.8 Å². The van der Waals surface area contributed by atoms with Crippen molar-refractivity contribution in [3.63, 3.8) is 0 Å².